The van der Waals surface area contributed by atoms with E-state index in [1.54, 1.807) is 24.1 Å². The Morgan fingerprint density at radius 1 is 1.31 bits per heavy atom. The lowest BCUT2D eigenvalue weighted by Crippen LogP contribution is -2.28. The van der Waals surface area contributed by atoms with Crippen molar-refractivity contribution in [1.29, 1.82) is 0 Å². The number of hydrogen-bond donors (Lipinski definition) is 2. The molecule has 7 heteroatoms. The number of nitrogens with one attached hydrogen (secondary N) is 2. The molecule has 2 heterocycles. The Balaban J connectivity index is 1.63. The summed E-state index contributed by atoms with van der Waals surface area (Å²) in [5.74, 6) is 0.424. The van der Waals surface area contributed by atoms with Crippen LogP contribution in [0.2, 0.25) is 0 Å². The minimum Gasteiger partial charge on any atom is -0.482 e. The van der Waals surface area contributed by atoms with Crippen LogP contribution in [0.4, 0.5) is 5.69 Å². The molecule has 0 saturated heterocycles. The molecule has 1 aliphatic rings. The lowest BCUT2D eigenvalue weighted by atomic mass is 9.92. The molecule has 2 amide bonds. The second-order valence-electron chi connectivity index (χ2n) is 7.62. The summed E-state index contributed by atoms with van der Waals surface area (Å²) in [6.07, 6.45) is 0.250. The van der Waals surface area contributed by atoms with Crippen LogP contribution in [0.3, 0.4) is 0 Å². The van der Waals surface area contributed by atoms with Crippen LogP contribution in [0, 0.1) is 0 Å². The molecule has 0 atom stereocenters. The molecule has 0 saturated carbocycles. The summed E-state index contributed by atoms with van der Waals surface area (Å²) in [5, 5.41) is 10.1. The standard InChI is InChI=1S/C19H24N4O3/c1-19(2,3)16-9-13(21-22-16)10-23(4)18(25)8-12-5-6-15-14(7-12)20-17(24)11-26-15/h5-7,9H,8,10-11H2,1-4H3,(H,20,24)(H,21,22). The van der Waals surface area contributed by atoms with Crippen molar-refractivity contribution in [2.75, 3.05) is 19.0 Å². The molecule has 138 valence electrons. The van der Waals surface area contributed by atoms with Crippen molar-refractivity contribution in [3.8, 4) is 5.75 Å². The fourth-order valence-electron chi connectivity index (χ4n) is 2.72. The van der Waals surface area contributed by atoms with E-state index in [1.807, 2.05) is 12.1 Å². The van der Waals surface area contributed by atoms with Crippen LogP contribution in [0.1, 0.15) is 37.7 Å². The van der Waals surface area contributed by atoms with Gasteiger partial charge in [-0.1, -0.05) is 26.8 Å². The largest absolute Gasteiger partial charge is 0.482 e. The third kappa shape index (κ3) is 4.04. The molecule has 0 radical (unpaired) electrons. The number of amides is 2. The number of rotatable bonds is 4. The quantitative estimate of drug-likeness (QED) is 0.879. The summed E-state index contributed by atoms with van der Waals surface area (Å²) < 4.78 is 5.33. The van der Waals surface area contributed by atoms with Gasteiger partial charge in [-0.3, -0.25) is 14.7 Å². The van der Waals surface area contributed by atoms with Crippen molar-refractivity contribution in [2.45, 2.75) is 39.2 Å². The number of hydrogen-bond acceptors (Lipinski definition) is 4. The number of fused-ring (bicyclic) bond motifs is 1. The number of H-pyrrole nitrogens is 1. The molecule has 3 rings (SSSR count). The van der Waals surface area contributed by atoms with Crippen LogP contribution in [-0.4, -0.2) is 40.6 Å². The molecular formula is C19H24N4O3. The van der Waals surface area contributed by atoms with E-state index in [2.05, 4.69) is 36.3 Å². The molecular weight excluding hydrogens is 332 g/mol. The summed E-state index contributed by atoms with van der Waals surface area (Å²) in [4.78, 5) is 25.6. The van der Waals surface area contributed by atoms with Gasteiger partial charge >= 0.3 is 0 Å². The fourth-order valence-corrected chi connectivity index (χ4v) is 2.72. The zero-order chi connectivity index (χ0) is 18.9. The van der Waals surface area contributed by atoms with Crippen molar-refractivity contribution >= 4 is 17.5 Å². The third-order valence-electron chi connectivity index (χ3n) is 4.26. The number of anilines is 1. The average Bonchev–Trinajstić information content (AvgIpc) is 3.03. The highest BCUT2D eigenvalue weighted by atomic mass is 16.5. The third-order valence-corrected chi connectivity index (χ3v) is 4.26. The lowest BCUT2D eigenvalue weighted by Gasteiger charge is -2.20. The van der Waals surface area contributed by atoms with Gasteiger partial charge in [0.1, 0.15) is 5.75 Å². The summed E-state index contributed by atoms with van der Waals surface area (Å²) in [7, 11) is 1.77. The van der Waals surface area contributed by atoms with Gasteiger partial charge in [-0.05, 0) is 23.8 Å². The zero-order valence-corrected chi connectivity index (χ0v) is 15.5. The Morgan fingerprint density at radius 2 is 2.08 bits per heavy atom. The van der Waals surface area contributed by atoms with Crippen LogP contribution in [0.15, 0.2) is 24.3 Å². The minimum absolute atomic E-state index is 0.0140. The van der Waals surface area contributed by atoms with Gasteiger partial charge in [-0.25, -0.2) is 0 Å². The highest BCUT2D eigenvalue weighted by Crippen LogP contribution is 2.28. The first-order valence-corrected chi connectivity index (χ1v) is 8.56. The van der Waals surface area contributed by atoms with Gasteiger partial charge in [-0.2, -0.15) is 5.10 Å². The van der Waals surface area contributed by atoms with Gasteiger partial charge in [0, 0.05) is 12.5 Å². The van der Waals surface area contributed by atoms with Gasteiger partial charge in [0.25, 0.3) is 5.91 Å². The van der Waals surface area contributed by atoms with Crippen molar-refractivity contribution in [2.24, 2.45) is 0 Å². The van der Waals surface area contributed by atoms with Crippen LogP contribution in [-0.2, 0) is 28.0 Å². The van der Waals surface area contributed by atoms with Crippen LogP contribution >= 0.6 is 0 Å². The fraction of sp³-hybridized carbons (Fsp3) is 0.421. The first kappa shape index (κ1) is 18.0. The van der Waals surface area contributed by atoms with E-state index < -0.39 is 0 Å². The Kier molecular flexibility index (Phi) is 4.71. The zero-order valence-electron chi connectivity index (χ0n) is 15.5. The normalized spacial score (nSPS) is 13.6. The van der Waals surface area contributed by atoms with E-state index in [1.165, 1.54) is 0 Å². The van der Waals surface area contributed by atoms with E-state index in [0.29, 0.717) is 18.0 Å². The Labute approximate surface area is 152 Å². The predicted molar refractivity (Wildman–Crippen MR) is 98.0 cm³/mol. The van der Waals surface area contributed by atoms with Gasteiger partial charge in [0.2, 0.25) is 5.91 Å². The smallest absolute Gasteiger partial charge is 0.262 e. The number of carbonyl (C=O) groups excluding carboxylic acids is 2. The van der Waals surface area contributed by atoms with Crippen molar-refractivity contribution in [3.63, 3.8) is 0 Å². The number of aromatic nitrogens is 2. The van der Waals surface area contributed by atoms with Crippen LogP contribution in [0.5, 0.6) is 5.75 Å². The first-order chi connectivity index (χ1) is 12.2. The van der Waals surface area contributed by atoms with E-state index in [-0.39, 0.29) is 30.3 Å². The molecule has 0 bridgehead atoms. The molecule has 7 nitrogen and oxygen atoms in total. The van der Waals surface area contributed by atoms with Gasteiger partial charge in [0.05, 0.1) is 30.0 Å². The van der Waals surface area contributed by atoms with Crippen LogP contribution in [0.25, 0.3) is 0 Å². The first-order valence-electron chi connectivity index (χ1n) is 8.56. The van der Waals surface area contributed by atoms with Crippen molar-refractivity contribution < 1.29 is 14.3 Å². The Morgan fingerprint density at radius 3 is 2.77 bits per heavy atom. The Bertz CT molecular complexity index is 836. The van der Waals surface area contributed by atoms with E-state index in [4.69, 9.17) is 4.74 Å². The Hall–Kier alpha value is -2.83. The number of ether oxygens (including phenoxy) is 1. The molecule has 26 heavy (non-hydrogen) atoms. The monoisotopic (exact) mass is 356 g/mol. The predicted octanol–water partition coefficient (Wildman–Crippen LogP) is 2.24. The topological polar surface area (TPSA) is 87.3 Å². The van der Waals surface area contributed by atoms with E-state index in [9.17, 15) is 9.59 Å². The molecule has 0 fully saturated rings. The number of carbonyl (C=O) groups is 2. The molecule has 2 aromatic rings. The number of benzene rings is 1. The molecule has 0 aliphatic carbocycles. The van der Waals surface area contributed by atoms with E-state index in [0.717, 1.165) is 17.0 Å². The highest BCUT2D eigenvalue weighted by molar-refractivity contribution is 5.95. The average molecular weight is 356 g/mol. The van der Waals surface area contributed by atoms with Crippen molar-refractivity contribution in [1.82, 2.24) is 15.1 Å². The highest BCUT2D eigenvalue weighted by Gasteiger charge is 2.20. The number of aromatic amines is 1. The molecule has 0 spiro atoms. The van der Waals surface area contributed by atoms with Crippen LogP contribution < -0.4 is 10.1 Å². The molecule has 2 N–H and O–H groups in total. The molecule has 1 aromatic carbocycles. The summed E-state index contributed by atoms with van der Waals surface area (Å²) >= 11 is 0. The minimum atomic E-state index is -0.188. The number of nitrogens with zero attached hydrogens (tertiary/aromatic N) is 2. The maximum atomic E-state index is 12.5. The van der Waals surface area contributed by atoms with Gasteiger partial charge in [0.15, 0.2) is 6.61 Å². The van der Waals surface area contributed by atoms with Gasteiger partial charge in [-0.15, -0.1) is 0 Å². The number of likely N-dealkylation sites (N-methyl/N-ethyl adjacent to an activating group) is 1. The maximum Gasteiger partial charge on any atom is 0.262 e. The lowest BCUT2D eigenvalue weighted by molar-refractivity contribution is -0.129. The summed E-state index contributed by atoms with van der Waals surface area (Å²) in [6, 6.07) is 7.40. The molecule has 0 unspecified atom stereocenters. The van der Waals surface area contributed by atoms with E-state index >= 15 is 0 Å². The second-order valence-corrected chi connectivity index (χ2v) is 7.62. The SMILES string of the molecule is CN(Cc1cc(C(C)(C)C)n[nH]1)C(=O)Cc1ccc2c(c1)NC(=O)CO2. The summed E-state index contributed by atoms with van der Waals surface area (Å²) in [5.41, 5.74) is 3.27. The maximum absolute atomic E-state index is 12.5. The summed E-state index contributed by atoms with van der Waals surface area (Å²) in [6.45, 7) is 6.78. The van der Waals surface area contributed by atoms with Crippen molar-refractivity contribution in [3.05, 3.63) is 41.2 Å². The molecule has 1 aromatic heterocycles. The second kappa shape index (κ2) is 6.82. The van der Waals surface area contributed by atoms with Gasteiger partial charge < -0.3 is 15.0 Å². The molecule has 1 aliphatic heterocycles.